The molecule has 0 radical (unpaired) electrons. The Morgan fingerprint density at radius 2 is 1.71 bits per heavy atom. The van der Waals surface area contributed by atoms with E-state index in [0.717, 1.165) is 18.6 Å². The molecule has 2 saturated heterocycles. The molecule has 3 atom stereocenters. The van der Waals surface area contributed by atoms with Crippen LogP contribution in [0.1, 0.15) is 53.1 Å². The number of amides is 2. The Hall–Kier alpha value is -3.00. The van der Waals surface area contributed by atoms with Crippen LogP contribution in [-0.4, -0.2) is 92.7 Å². The van der Waals surface area contributed by atoms with Crippen molar-refractivity contribution in [3.8, 4) is 0 Å². The van der Waals surface area contributed by atoms with Crippen molar-refractivity contribution in [2.24, 2.45) is 5.73 Å². The number of benzene rings is 2. The number of piperazine rings is 1. The van der Waals surface area contributed by atoms with Crippen molar-refractivity contribution in [2.75, 3.05) is 46.3 Å². The van der Waals surface area contributed by atoms with E-state index < -0.39 is 44.3 Å². The molecule has 5 rings (SSSR count). The molecule has 0 aromatic heterocycles. The molecular formula is C29H36F3N5O4S. The summed E-state index contributed by atoms with van der Waals surface area (Å²) in [6, 6.07) is 4.79. The molecule has 2 aromatic carbocycles. The van der Waals surface area contributed by atoms with Gasteiger partial charge in [-0.3, -0.25) is 9.59 Å². The van der Waals surface area contributed by atoms with Crippen LogP contribution < -0.4 is 11.1 Å². The van der Waals surface area contributed by atoms with Crippen molar-refractivity contribution in [3.63, 3.8) is 0 Å². The van der Waals surface area contributed by atoms with E-state index in [-0.39, 0.29) is 49.5 Å². The number of hydrogen-bond acceptors (Lipinski definition) is 6. The van der Waals surface area contributed by atoms with Gasteiger partial charge >= 0.3 is 0 Å². The minimum atomic E-state index is -4.12. The molecule has 42 heavy (non-hydrogen) atoms. The highest BCUT2D eigenvalue weighted by Crippen LogP contribution is 2.37. The minimum absolute atomic E-state index is 0.00515. The number of rotatable bonds is 8. The van der Waals surface area contributed by atoms with Crippen molar-refractivity contribution in [1.29, 1.82) is 0 Å². The molecule has 9 nitrogen and oxygen atoms in total. The second-order valence-electron chi connectivity index (χ2n) is 11.4. The van der Waals surface area contributed by atoms with Gasteiger partial charge in [-0.1, -0.05) is 0 Å². The van der Waals surface area contributed by atoms with Crippen LogP contribution in [0.3, 0.4) is 0 Å². The highest BCUT2D eigenvalue weighted by Gasteiger charge is 2.35. The van der Waals surface area contributed by atoms with E-state index in [1.165, 1.54) is 22.5 Å². The third-order valence-corrected chi connectivity index (χ3v) is 10.6. The quantitative estimate of drug-likeness (QED) is 0.476. The van der Waals surface area contributed by atoms with Crippen LogP contribution in [0.4, 0.5) is 13.2 Å². The van der Waals surface area contributed by atoms with Crippen molar-refractivity contribution in [2.45, 2.75) is 55.0 Å². The fourth-order valence-corrected chi connectivity index (χ4v) is 7.75. The predicted octanol–water partition coefficient (Wildman–Crippen LogP) is 2.21. The van der Waals surface area contributed by atoms with E-state index in [2.05, 4.69) is 5.32 Å². The molecule has 0 spiro atoms. The van der Waals surface area contributed by atoms with Crippen LogP contribution in [0.25, 0.3) is 0 Å². The monoisotopic (exact) mass is 607 g/mol. The molecule has 1 aliphatic carbocycles. The van der Waals surface area contributed by atoms with Crippen molar-refractivity contribution < 1.29 is 31.2 Å². The van der Waals surface area contributed by atoms with Crippen LogP contribution >= 0.6 is 0 Å². The van der Waals surface area contributed by atoms with Gasteiger partial charge in [0.15, 0.2) is 11.6 Å². The van der Waals surface area contributed by atoms with Gasteiger partial charge < -0.3 is 20.9 Å². The second-order valence-corrected chi connectivity index (χ2v) is 13.3. The maximum atomic E-state index is 14.6. The number of sulfonamides is 1. The number of nitrogens with one attached hydrogen (secondary N) is 1. The van der Waals surface area contributed by atoms with Crippen molar-refractivity contribution in [3.05, 3.63) is 64.5 Å². The number of nitrogens with zero attached hydrogens (tertiary/aromatic N) is 3. The molecule has 0 bridgehead atoms. The Morgan fingerprint density at radius 3 is 2.45 bits per heavy atom. The largest absolute Gasteiger partial charge is 0.350 e. The summed E-state index contributed by atoms with van der Waals surface area (Å²) in [6.45, 7) is 2.13. The Kier molecular flexibility index (Phi) is 8.93. The summed E-state index contributed by atoms with van der Waals surface area (Å²) in [5, 5.41) is 2.76. The van der Waals surface area contributed by atoms with Gasteiger partial charge in [0.2, 0.25) is 15.9 Å². The number of halogens is 3. The Bertz CT molecular complexity index is 1470. The van der Waals surface area contributed by atoms with Gasteiger partial charge in [0.1, 0.15) is 10.7 Å². The molecule has 13 heteroatoms. The smallest absolute Gasteiger partial charge is 0.251 e. The lowest BCUT2D eigenvalue weighted by Crippen LogP contribution is -2.47. The molecule has 2 heterocycles. The first kappa shape index (κ1) is 30.5. The average molecular weight is 608 g/mol. The summed E-state index contributed by atoms with van der Waals surface area (Å²) in [5.74, 6) is -3.76. The van der Waals surface area contributed by atoms with Gasteiger partial charge in [-0.15, -0.1) is 0 Å². The SMILES string of the molecule is CN1CCN(S(=O)(=O)c2cc(C(=O)NC[C@@H]3CCCN3C(=O)C[C@H](N)[C@H]3CCc4cc(F)c(F)cc43)ccc2F)CC1. The van der Waals surface area contributed by atoms with Crippen LogP contribution in [0, 0.1) is 17.5 Å². The number of likely N-dealkylation sites (N-methyl/N-ethyl adjacent to an activating group) is 1. The summed E-state index contributed by atoms with van der Waals surface area (Å²) in [6.07, 6.45) is 2.60. The van der Waals surface area contributed by atoms with E-state index >= 15 is 0 Å². The zero-order chi connectivity index (χ0) is 30.2. The van der Waals surface area contributed by atoms with Crippen LogP contribution in [0.2, 0.25) is 0 Å². The maximum Gasteiger partial charge on any atom is 0.251 e. The topological polar surface area (TPSA) is 116 Å². The lowest BCUT2D eigenvalue weighted by atomic mass is 9.91. The predicted molar refractivity (Wildman–Crippen MR) is 150 cm³/mol. The minimum Gasteiger partial charge on any atom is -0.350 e. The van der Waals surface area contributed by atoms with Gasteiger partial charge in [-0.25, -0.2) is 21.6 Å². The fraction of sp³-hybridized carbons (Fsp3) is 0.517. The Labute approximate surface area is 243 Å². The number of carbonyl (C=O) groups excluding carboxylic acids is 2. The zero-order valence-corrected chi connectivity index (χ0v) is 24.3. The molecule has 2 fully saturated rings. The second kappa shape index (κ2) is 12.3. The van der Waals surface area contributed by atoms with Gasteiger partial charge in [-0.2, -0.15) is 4.31 Å². The molecule has 228 valence electrons. The summed E-state index contributed by atoms with van der Waals surface area (Å²) in [5.41, 5.74) is 7.76. The first-order valence-corrected chi connectivity index (χ1v) is 15.7. The first-order chi connectivity index (χ1) is 20.0. The summed E-state index contributed by atoms with van der Waals surface area (Å²) >= 11 is 0. The zero-order valence-electron chi connectivity index (χ0n) is 23.5. The summed E-state index contributed by atoms with van der Waals surface area (Å²) in [4.78, 5) is 29.3. The molecule has 0 unspecified atom stereocenters. The number of hydrogen-bond donors (Lipinski definition) is 2. The van der Waals surface area contributed by atoms with Crippen LogP contribution in [0.15, 0.2) is 35.2 Å². The highest BCUT2D eigenvalue weighted by molar-refractivity contribution is 7.89. The van der Waals surface area contributed by atoms with Crippen LogP contribution in [0.5, 0.6) is 0 Å². The number of aryl methyl sites for hydroxylation is 1. The molecule has 3 N–H and O–H groups in total. The highest BCUT2D eigenvalue weighted by atomic mass is 32.2. The van der Waals surface area contributed by atoms with E-state index in [1.54, 1.807) is 4.90 Å². The summed E-state index contributed by atoms with van der Waals surface area (Å²) < 4.78 is 69.6. The lowest BCUT2D eigenvalue weighted by Gasteiger charge is -2.31. The molecule has 3 aliphatic rings. The van der Waals surface area contributed by atoms with Gasteiger partial charge in [0.25, 0.3) is 5.91 Å². The van der Waals surface area contributed by atoms with Crippen LogP contribution in [-0.2, 0) is 21.2 Å². The Morgan fingerprint density at radius 1 is 1.00 bits per heavy atom. The van der Waals surface area contributed by atoms with Crippen molar-refractivity contribution in [1.82, 2.24) is 19.4 Å². The standard InChI is InChI=1S/C29H36F3N5O4S/c1-35-9-11-36(12-10-35)42(40,41)27-14-19(5-7-23(27)30)29(39)34-17-20-3-2-8-37(20)28(38)16-26(33)21-6-4-18-13-24(31)25(32)15-22(18)21/h5,7,13-15,20-21,26H,2-4,6,8-12,16-17,33H2,1H3,(H,34,39)/t20-,21-,26-/m0/s1. The third kappa shape index (κ3) is 6.19. The van der Waals surface area contributed by atoms with Gasteiger partial charge in [0, 0.05) is 69.3 Å². The molecule has 2 aliphatic heterocycles. The summed E-state index contributed by atoms with van der Waals surface area (Å²) in [7, 11) is -2.24. The lowest BCUT2D eigenvalue weighted by molar-refractivity contribution is -0.132. The van der Waals surface area contributed by atoms with E-state index in [4.69, 9.17) is 5.73 Å². The fourth-order valence-electron chi connectivity index (χ4n) is 6.24. The van der Waals surface area contributed by atoms with Gasteiger partial charge in [-0.05, 0) is 74.2 Å². The molecule has 2 aromatic rings. The number of nitrogens with two attached hydrogens (primary N) is 1. The van der Waals surface area contributed by atoms with Gasteiger partial charge in [0.05, 0.1) is 0 Å². The number of carbonyl (C=O) groups is 2. The molecular weight excluding hydrogens is 571 g/mol. The van der Waals surface area contributed by atoms with Crippen molar-refractivity contribution >= 4 is 21.8 Å². The third-order valence-electron chi connectivity index (χ3n) is 8.70. The Balaban J connectivity index is 1.20. The van der Waals surface area contributed by atoms with E-state index in [1.807, 2.05) is 11.9 Å². The maximum absolute atomic E-state index is 14.6. The first-order valence-electron chi connectivity index (χ1n) is 14.2. The number of fused-ring (bicyclic) bond motifs is 1. The van der Waals surface area contributed by atoms with E-state index in [9.17, 15) is 31.2 Å². The molecule has 0 saturated carbocycles. The normalized spacial score (nSPS) is 22.3. The molecule has 2 amide bonds. The number of likely N-dealkylation sites (tertiary alicyclic amines) is 1. The average Bonchev–Trinajstić information content (AvgIpc) is 3.59. The van der Waals surface area contributed by atoms with E-state index in [0.29, 0.717) is 50.0 Å².